The van der Waals surface area contributed by atoms with Crippen molar-refractivity contribution in [1.29, 1.82) is 0 Å². The van der Waals surface area contributed by atoms with Gasteiger partial charge in [0.05, 0.1) is 18.3 Å². The molecule has 0 aliphatic rings. The molecule has 1 unspecified atom stereocenters. The fourth-order valence-electron chi connectivity index (χ4n) is 2.25. The lowest BCUT2D eigenvalue weighted by molar-refractivity contribution is 0.0531. The van der Waals surface area contributed by atoms with Crippen LogP contribution in [0.4, 0.5) is 0 Å². The summed E-state index contributed by atoms with van der Waals surface area (Å²) in [5, 5.41) is 7.42. The van der Waals surface area contributed by atoms with E-state index in [0.717, 1.165) is 30.5 Å². The van der Waals surface area contributed by atoms with Crippen LogP contribution in [0.1, 0.15) is 67.5 Å². The fourth-order valence-corrected chi connectivity index (χ4v) is 3.21. The minimum absolute atomic E-state index is 0. The van der Waals surface area contributed by atoms with E-state index < -0.39 is 0 Å². The molecular weight excluding hydrogens is 491 g/mol. The van der Waals surface area contributed by atoms with Crippen LogP contribution in [0.2, 0.25) is 0 Å². The number of aryl methyl sites for hydroxylation is 1. The number of aromatic nitrogens is 1. The quantitative estimate of drug-likeness (QED) is 0.150. The van der Waals surface area contributed by atoms with Gasteiger partial charge in [0.1, 0.15) is 9.88 Å². The lowest BCUT2D eigenvalue weighted by Crippen LogP contribution is -2.38. The van der Waals surface area contributed by atoms with Crippen LogP contribution in [0, 0.1) is 12.8 Å². The first-order chi connectivity index (χ1) is 12.9. The number of ether oxygens (including phenoxy) is 2. The molecule has 1 heterocycles. The van der Waals surface area contributed by atoms with Crippen LogP contribution >= 0.6 is 35.3 Å². The summed E-state index contributed by atoms with van der Waals surface area (Å²) in [7, 11) is 0. The van der Waals surface area contributed by atoms with E-state index in [-0.39, 0.29) is 36.0 Å². The fraction of sp³-hybridized carbons (Fsp3) is 0.737. The molecule has 7 nitrogen and oxygen atoms in total. The van der Waals surface area contributed by atoms with Gasteiger partial charge in [0.25, 0.3) is 0 Å². The van der Waals surface area contributed by atoms with Crippen molar-refractivity contribution in [2.45, 2.75) is 54.0 Å². The molecule has 9 heteroatoms. The summed E-state index contributed by atoms with van der Waals surface area (Å²) in [6, 6.07) is -0.0631. The molecular formula is C19H35IN4O3S. The van der Waals surface area contributed by atoms with Crippen molar-refractivity contribution >= 4 is 47.2 Å². The Kier molecular flexibility index (Phi) is 14.5. The van der Waals surface area contributed by atoms with E-state index in [1.165, 1.54) is 11.3 Å². The molecule has 1 rings (SSSR count). The number of hydrogen-bond acceptors (Lipinski definition) is 6. The van der Waals surface area contributed by atoms with Gasteiger partial charge in [-0.3, -0.25) is 4.99 Å². The molecule has 0 fully saturated rings. The van der Waals surface area contributed by atoms with Crippen molar-refractivity contribution < 1.29 is 14.3 Å². The predicted octanol–water partition coefficient (Wildman–Crippen LogP) is 3.93. The van der Waals surface area contributed by atoms with Crippen molar-refractivity contribution in [1.82, 2.24) is 15.6 Å². The van der Waals surface area contributed by atoms with E-state index in [0.29, 0.717) is 36.2 Å². The van der Waals surface area contributed by atoms with Crippen molar-refractivity contribution in [2.75, 3.05) is 32.9 Å². The molecule has 0 aliphatic carbocycles. The lowest BCUT2D eigenvalue weighted by atomic mass is 10.2. The molecule has 1 aromatic heterocycles. The van der Waals surface area contributed by atoms with Gasteiger partial charge in [-0.25, -0.2) is 9.78 Å². The summed E-state index contributed by atoms with van der Waals surface area (Å²) in [4.78, 5) is 21.6. The van der Waals surface area contributed by atoms with Gasteiger partial charge in [-0.2, -0.15) is 0 Å². The molecule has 0 aliphatic heterocycles. The molecule has 0 amide bonds. The minimum atomic E-state index is -0.312. The SMILES string of the molecule is CCNC(=NCCCOCC(C)C)NC(C)c1nc(C)c(C(=O)OCC)s1.I. The normalized spacial score (nSPS) is 12.5. The Labute approximate surface area is 190 Å². The van der Waals surface area contributed by atoms with E-state index in [1.54, 1.807) is 6.92 Å². The lowest BCUT2D eigenvalue weighted by Gasteiger charge is -2.16. The second-order valence-corrected chi connectivity index (χ2v) is 7.67. The molecule has 0 radical (unpaired) electrons. The van der Waals surface area contributed by atoms with Crippen LogP contribution in [0.15, 0.2) is 4.99 Å². The highest BCUT2D eigenvalue weighted by molar-refractivity contribution is 14.0. The Hall–Kier alpha value is -0.940. The average molecular weight is 526 g/mol. The number of esters is 1. The van der Waals surface area contributed by atoms with Gasteiger partial charge < -0.3 is 20.1 Å². The van der Waals surface area contributed by atoms with Gasteiger partial charge in [0.15, 0.2) is 5.96 Å². The number of guanidine groups is 1. The summed E-state index contributed by atoms with van der Waals surface area (Å²) in [6.07, 6.45) is 0.876. The molecule has 28 heavy (non-hydrogen) atoms. The minimum Gasteiger partial charge on any atom is -0.462 e. The Morgan fingerprint density at radius 1 is 1.29 bits per heavy atom. The summed E-state index contributed by atoms with van der Waals surface area (Å²) in [5.74, 6) is 0.974. The van der Waals surface area contributed by atoms with Crippen LogP contribution in [0.25, 0.3) is 0 Å². The largest absolute Gasteiger partial charge is 0.462 e. The zero-order valence-corrected chi connectivity index (χ0v) is 21.0. The maximum absolute atomic E-state index is 12.0. The molecule has 1 aromatic rings. The number of halogens is 1. The first-order valence-corrected chi connectivity index (χ1v) is 10.5. The van der Waals surface area contributed by atoms with Crippen molar-refractivity contribution in [3.63, 3.8) is 0 Å². The average Bonchev–Trinajstić information content (AvgIpc) is 3.00. The Morgan fingerprint density at radius 3 is 2.61 bits per heavy atom. The summed E-state index contributed by atoms with van der Waals surface area (Å²) in [6.45, 7) is 15.3. The highest BCUT2D eigenvalue weighted by Gasteiger charge is 2.20. The van der Waals surface area contributed by atoms with Crippen molar-refractivity contribution in [3.8, 4) is 0 Å². The Balaban J connectivity index is 0.00000729. The van der Waals surface area contributed by atoms with Crippen LogP contribution in [0.5, 0.6) is 0 Å². The monoisotopic (exact) mass is 526 g/mol. The molecule has 0 spiro atoms. The molecule has 0 saturated carbocycles. The van der Waals surface area contributed by atoms with Gasteiger partial charge in [-0.05, 0) is 40.0 Å². The maximum atomic E-state index is 12.0. The molecule has 162 valence electrons. The zero-order valence-electron chi connectivity index (χ0n) is 17.8. The highest BCUT2D eigenvalue weighted by Crippen LogP contribution is 2.24. The van der Waals surface area contributed by atoms with Crippen molar-refractivity contribution in [3.05, 3.63) is 15.6 Å². The third kappa shape index (κ3) is 10.0. The molecule has 1 atom stereocenters. The van der Waals surface area contributed by atoms with Crippen LogP contribution in [-0.2, 0) is 9.47 Å². The van der Waals surface area contributed by atoms with Crippen molar-refractivity contribution in [2.24, 2.45) is 10.9 Å². The standard InChI is InChI=1S/C19H34N4O3S.HI/c1-7-20-19(21-10-9-11-25-12-13(3)4)23-15(6)17-22-14(5)16(27-17)18(24)26-8-2;/h13,15H,7-12H2,1-6H3,(H2,20,21,23);1H. The highest BCUT2D eigenvalue weighted by atomic mass is 127. The predicted molar refractivity (Wildman–Crippen MR) is 126 cm³/mol. The number of hydrogen-bond donors (Lipinski definition) is 2. The number of thiazole rings is 1. The second kappa shape index (κ2) is 15.0. The van der Waals surface area contributed by atoms with Crippen LogP contribution < -0.4 is 10.6 Å². The summed E-state index contributed by atoms with van der Waals surface area (Å²) < 4.78 is 10.7. The molecule has 0 saturated heterocycles. The Morgan fingerprint density at radius 2 is 2.00 bits per heavy atom. The van der Waals surface area contributed by atoms with E-state index in [4.69, 9.17) is 9.47 Å². The summed E-state index contributed by atoms with van der Waals surface area (Å²) in [5.41, 5.74) is 0.700. The van der Waals surface area contributed by atoms with Crippen LogP contribution in [0.3, 0.4) is 0 Å². The zero-order chi connectivity index (χ0) is 20.2. The smallest absolute Gasteiger partial charge is 0.350 e. The van der Waals surface area contributed by atoms with E-state index in [2.05, 4.69) is 34.5 Å². The Bertz CT molecular complexity index is 608. The second-order valence-electron chi connectivity index (χ2n) is 6.64. The third-order valence-electron chi connectivity index (χ3n) is 3.51. The number of rotatable bonds is 11. The number of aliphatic imine (C=N–C) groups is 1. The van der Waals surface area contributed by atoms with Gasteiger partial charge in [-0.15, -0.1) is 35.3 Å². The molecule has 0 bridgehead atoms. The van der Waals surface area contributed by atoms with E-state index >= 15 is 0 Å². The number of nitrogens with zero attached hydrogens (tertiary/aromatic N) is 2. The van der Waals surface area contributed by atoms with Gasteiger partial charge in [0, 0.05) is 26.3 Å². The maximum Gasteiger partial charge on any atom is 0.350 e. The summed E-state index contributed by atoms with van der Waals surface area (Å²) >= 11 is 1.36. The molecule has 2 N–H and O–H groups in total. The van der Waals surface area contributed by atoms with Gasteiger partial charge in [-0.1, -0.05) is 13.8 Å². The number of nitrogens with one attached hydrogen (secondary N) is 2. The number of carbonyl (C=O) groups excluding carboxylic acids is 1. The van der Waals surface area contributed by atoms with E-state index in [1.807, 2.05) is 20.8 Å². The first kappa shape index (κ1) is 27.1. The number of carbonyl (C=O) groups is 1. The van der Waals surface area contributed by atoms with Crippen LogP contribution in [-0.4, -0.2) is 49.8 Å². The third-order valence-corrected chi connectivity index (χ3v) is 4.83. The van der Waals surface area contributed by atoms with Gasteiger partial charge >= 0.3 is 5.97 Å². The topological polar surface area (TPSA) is 84.8 Å². The molecule has 0 aromatic carbocycles. The first-order valence-electron chi connectivity index (χ1n) is 9.65. The van der Waals surface area contributed by atoms with Gasteiger partial charge in [0.2, 0.25) is 0 Å². The van der Waals surface area contributed by atoms with E-state index in [9.17, 15) is 4.79 Å².